The molecular weight excluding hydrogens is 291 g/mol. The van der Waals surface area contributed by atoms with Crippen LogP contribution in [0.25, 0.3) is 0 Å². The number of morpholine rings is 1. The maximum atomic E-state index is 12.7. The van der Waals surface area contributed by atoms with Crippen LogP contribution in [-0.4, -0.2) is 68.5 Å². The summed E-state index contributed by atoms with van der Waals surface area (Å²) in [7, 11) is 0. The molecule has 0 aromatic heterocycles. The summed E-state index contributed by atoms with van der Waals surface area (Å²) in [5, 5.41) is 0. The van der Waals surface area contributed by atoms with Crippen molar-refractivity contribution in [3.63, 3.8) is 0 Å². The molecule has 2 saturated heterocycles. The highest BCUT2D eigenvalue weighted by Gasteiger charge is 2.17. The zero-order chi connectivity index (χ0) is 17.3. The summed E-state index contributed by atoms with van der Waals surface area (Å²) in [5.74, 6) is 0. The highest BCUT2D eigenvalue weighted by Crippen LogP contribution is 2.13. The molecule has 3 nitrogen and oxygen atoms in total. The van der Waals surface area contributed by atoms with E-state index in [0.29, 0.717) is 0 Å². The van der Waals surface area contributed by atoms with Crippen molar-refractivity contribution in [2.75, 3.05) is 52.5 Å². The Labute approximate surface area is 144 Å². The first-order valence-corrected chi connectivity index (χ1v) is 9.92. The van der Waals surface area contributed by atoms with Crippen LogP contribution in [0.3, 0.4) is 0 Å². The topological polar surface area (TPSA) is 15.7 Å². The predicted molar refractivity (Wildman–Crippen MR) is 99.0 cm³/mol. The molecule has 23 heavy (non-hydrogen) atoms. The van der Waals surface area contributed by atoms with E-state index in [9.17, 15) is 4.39 Å². The number of hydrogen-bond donors (Lipinski definition) is 0. The quantitative estimate of drug-likeness (QED) is 0.672. The Morgan fingerprint density at radius 3 is 1.91 bits per heavy atom. The summed E-state index contributed by atoms with van der Waals surface area (Å²) in [6.07, 6.45) is 6.13. The summed E-state index contributed by atoms with van der Waals surface area (Å²) >= 11 is 0. The van der Waals surface area contributed by atoms with Gasteiger partial charge in [-0.1, -0.05) is 40.5 Å². The normalized spacial score (nSPS) is 20.2. The van der Waals surface area contributed by atoms with Gasteiger partial charge in [0.15, 0.2) is 0 Å². The fourth-order valence-electron chi connectivity index (χ4n) is 2.85. The van der Waals surface area contributed by atoms with Crippen LogP contribution in [0.1, 0.15) is 66.2 Å². The molecule has 2 aliphatic heterocycles. The third kappa shape index (κ3) is 12.8. The SMILES string of the molecule is CC.CCCCCN1CCC(F)CC1.CCCN1CCOCC1. The fourth-order valence-corrected chi connectivity index (χ4v) is 2.85. The molecule has 0 aromatic carbocycles. The molecule has 0 atom stereocenters. The smallest absolute Gasteiger partial charge is 0.103 e. The molecular formula is C19H41FN2O. The first-order valence-electron chi connectivity index (χ1n) is 9.92. The van der Waals surface area contributed by atoms with E-state index in [1.54, 1.807) is 0 Å². The Balaban J connectivity index is 0.000000392. The molecule has 0 saturated carbocycles. The first kappa shape index (κ1) is 22.8. The van der Waals surface area contributed by atoms with Crippen LogP contribution >= 0.6 is 0 Å². The highest BCUT2D eigenvalue weighted by molar-refractivity contribution is 4.70. The average Bonchev–Trinajstić information content (AvgIpc) is 2.61. The van der Waals surface area contributed by atoms with Crippen LogP contribution in [0.2, 0.25) is 0 Å². The Morgan fingerprint density at radius 2 is 1.39 bits per heavy atom. The minimum absolute atomic E-state index is 0.521. The summed E-state index contributed by atoms with van der Waals surface area (Å²) < 4.78 is 17.9. The third-order valence-electron chi connectivity index (χ3n) is 4.24. The standard InChI is InChI=1S/C10H20FN.C7H15NO.C2H6/c1-2-3-4-7-12-8-5-10(11)6-9-12;1-2-3-8-4-6-9-7-5-8;1-2/h10H,2-9H2,1H3;2-7H2,1H3;1-2H3. The maximum absolute atomic E-state index is 12.7. The highest BCUT2D eigenvalue weighted by atomic mass is 19.1. The van der Waals surface area contributed by atoms with E-state index in [4.69, 9.17) is 4.74 Å². The molecule has 0 spiro atoms. The van der Waals surface area contributed by atoms with Gasteiger partial charge in [-0.2, -0.15) is 0 Å². The van der Waals surface area contributed by atoms with Gasteiger partial charge in [0.25, 0.3) is 0 Å². The van der Waals surface area contributed by atoms with E-state index in [2.05, 4.69) is 23.6 Å². The second-order valence-electron chi connectivity index (χ2n) is 6.18. The molecule has 4 heteroatoms. The van der Waals surface area contributed by atoms with Crippen molar-refractivity contribution < 1.29 is 9.13 Å². The molecule has 0 bridgehead atoms. The third-order valence-corrected chi connectivity index (χ3v) is 4.24. The van der Waals surface area contributed by atoms with E-state index in [0.717, 1.165) is 52.2 Å². The minimum Gasteiger partial charge on any atom is -0.379 e. The van der Waals surface area contributed by atoms with Crippen LogP contribution in [0, 0.1) is 0 Å². The van der Waals surface area contributed by atoms with Crippen LogP contribution in [0.15, 0.2) is 0 Å². The summed E-state index contributed by atoms with van der Waals surface area (Å²) in [6.45, 7) is 16.9. The number of nitrogens with zero attached hydrogens (tertiary/aromatic N) is 2. The van der Waals surface area contributed by atoms with Gasteiger partial charge < -0.3 is 9.64 Å². The maximum Gasteiger partial charge on any atom is 0.103 e. The zero-order valence-corrected chi connectivity index (χ0v) is 16.2. The molecule has 2 rings (SSSR count). The van der Waals surface area contributed by atoms with Gasteiger partial charge in [0.05, 0.1) is 13.2 Å². The molecule has 0 aromatic rings. The largest absolute Gasteiger partial charge is 0.379 e. The Morgan fingerprint density at radius 1 is 0.826 bits per heavy atom. The second kappa shape index (κ2) is 16.7. The first-order chi connectivity index (χ1) is 11.3. The van der Waals surface area contributed by atoms with Crippen LogP contribution in [0.4, 0.5) is 4.39 Å². The summed E-state index contributed by atoms with van der Waals surface area (Å²) in [6, 6.07) is 0. The number of unbranched alkanes of at least 4 members (excludes halogenated alkanes) is 2. The van der Waals surface area contributed by atoms with E-state index in [-0.39, 0.29) is 0 Å². The van der Waals surface area contributed by atoms with Gasteiger partial charge in [-0.05, 0) is 38.8 Å². The van der Waals surface area contributed by atoms with Crippen LogP contribution < -0.4 is 0 Å². The molecule has 0 aliphatic carbocycles. The number of likely N-dealkylation sites (tertiary alicyclic amines) is 1. The molecule has 2 aliphatic rings. The molecule has 2 fully saturated rings. The number of halogens is 1. The van der Waals surface area contributed by atoms with E-state index in [1.807, 2.05) is 13.8 Å². The van der Waals surface area contributed by atoms with Gasteiger partial charge in [-0.25, -0.2) is 4.39 Å². The molecule has 140 valence electrons. The Bertz CT molecular complexity index is 225. The van der Waals surface area contributed by atoms with Crippen molar-refractivity contribution in [3.8, 4) is 0 Å². The summed E-state index contributed by atoms with van der Waals surface area (Å²) in [4.78, 5) is 4.84. The van der Waals surface area contributed by atoms with E-state index < -0.39 is 6.17 Å². The lowest BCUT2D eigenvalue weighted by Gasteiger charge is -2.28. The van der Waals surface area contributed by atoms with Crippen molar-refractivity contribution in [2.24, 2.45) is 0 Å². The molecule has 0 amide bonds. The molecule has 0 N–H and O–H groups in total. The zero-order valence-electron chi connectivity index (χ0n) is 16.2. The lowest BCUT2D eigenvalue weighted by molar-refractivity contribution is 0.0380. The van der Waals surface area contributed by atoms with Gasteiger partial charge >= 0.3 is 0 Å². The number of piperidine rings is 1. The Kier molecular flexibility index (Phi) is 16.5. The second-order valence-corrected chi connectivity index (χ2v) is 6.18. The van der Waals surface area contributed by atoms with Crippen molar-refractivity contribution in [1.82, 2.24) is 9.80 Å². The van der Waals surface area contributed by atoms with Gasteiger partial charge in [0.2, 0.25) is 0 Å². The monoisotopic (exact) mass is 332 g/mol. The fraction of sp³-hybridized carbons (Fsp3) is 1.00. The predicted octanol–water partition coefficient (Wildman–Crippen LogP) is 4.37. The Hall–Kier alpha value is -0.190. The van der Waals surface area contributed by atoms with Crippen molar-refractivity contribution >= 4 is 0 Å². The van der Waals surface area contributed by atoms with Gasteiger partial charge in [0, 0.05) is 26.2 Å². The minimum atomic E-state index is -0.521. The van der Waals surface area contributed by atoms with Crippen molar-refractivity contribution in [2.45, 2.75) is 72.4 Å². The van der Waals surface area contributed by atoms with E-state index >= 15 is 0 Å². The molecule has 2 heterocycles. The summed E-state index contributed by atoms with van der Waals surface area (Å²) in [5.41, 5.74) is 0. The number of alkyl halides is 1. The molecule has 0 unspecified atom stereocenters. The van der Waals surface area contributed by atoms with Crippen molar-refractivity contribution in [1.29, 1.82) is 0 Å². The number of ether oxygens (including phenoxy) is 1. The van der Waals surface area contributed by atoms with E-state index in [1.165, 1.54) is 38.8 Å². The van der Waals surface area contributed by atoms with Crippen molar-refractivity contribution in [3.05, 3.63) is 0 Å². The lowest BCUT2D eigenvalue weighted by Crippen LogP contribution is -2.36. The number of rotatable bonds is 6. The lowest BCUT2D eigenvalue weighted by atomic mass is 10.1. The van der Waals surface area contributed by atoms with Gasteiger partial charge in [-0.3, -0.25) is 4.90 Å². The van der Waals surface area contributed by atoms with Crippen LogP contribution in [-0.2, 0) is 4.74 Å². The number of hydrogen-bond acceptors (Lipinski definition) is 3. The van der Waals surface area contributed by atoms with Crippen LogP contribution in [0.5, 0.6) is 0 Å². The van der Waals surface area contributed by atoms with Gasteiger partial charge in [0.1, 0.15) is 6.17 Å². The average molecular weight is 333 g/mol. The van der Waals surface area contributed by atoms with Gasteiger partial charge in [-0.15, -0.1) is 0 Å². The molecule has 0 radical (unpaired) electrons.